The van der Waals surface area contributed by atoms with E-state index in [4.69, 9.17) is 5.26 Å². The molecule has 2 aliphatic rings. The molecule has 9 heteroatoms. The number of carbonyl (C=O) groups excluding carboxylic acids is 2. The van der Waals surface area contributed by atoms with E-state index in [9.17, 15) is 9.59 Å². The Kier molecular flexibility index (Phi) is 6.49. The maximum absolute atomic E-state index is 12.9. The number of carbonyl (C=O) groups is 2. The summed E-state index contributed by atoms with van der Waals surface area (Å²) in [6.45, 7) is 3.05. The summed E-state index contributed by atoms with van der Waals surface area (Å²) in [6.07, 6.45) is 1.73. The number of nitrogens with one attached hydrogen (secondary N) is 2. The van der Waals surface area contributed by atoms with Gasteiger partial charge in [-0.3, -0.25) is 10.1 Å². The largest absolute Gasteiger partial charge is 0.324 e. The molecule has 1 atom stereocenters. The molecule has 1 saturated heterocycles. The summed E-state index contributed by atoms with van der Waals surface area (Å²) in [4.78, 5) is 35.5. The minimum atomic E-state index is -0.185. The van der Waals surface area contributed by atoms with E-state index in [1.807, 2.05) is 24.3 Å². The number of aromatic nitrogens is 1. The van der Waals surface area contributed by atoms with E-state index in [1.165, 1.54) is 4.88 Å². The molecule has 0 aliphatic carbocycles. The monoisotopic (exact) mass is 486 g/mol. The number of benzene rings is 2. The average molecular weight is 487 g/mol. The standard InChI is InChI=1S/C26H26N6O2S/c1-31-10-9-22-23(16-31)35-25(29-22)30-24(33)19-6-3-5-18(13-19)20-8-11-32(15-20)26(34)28-21-7-2-4-17(12-21)14-27/h2-7,12-13,20H,8-11,15-16H2,1H3,(H,28,34)(H,29,30,33). The Hall–Kier alpha value is -3.74. The first-order valence-corrected chi connectivity index (χ1v) is 12.4. The highest BCUT2D eigenvalue weighted by atomic mass is 32.1. The van der Waals surface area contributed by atoms with Gasteiger partial charge in [-0.1, -0.05) is 18.2 Å². The first-order chi connectivity index (χ1) is 17.0. The molecule has 35 heavy (non-hydrogen) atoms. The summed E-state index contributed by atoms with van der Waals surface area (Å²) < 4.78 is 0. The van der Waals surface area contributed by atoms with Gasteiger partial charge in [0.25, 0.3) is 5.91 Å². The molecule has 178 valence electrons. The number of rotatable bonds is 4. The van der Waals surface area contributed by atoms with Crippen molar-refractivity contribution in [3.05, 3.63) is 75.8 Å². The third kappa shape index (κ3) is 5.19. The molecule has 5 rings (SSSR count). The highest BCUT2D eigenvalue weighted by Gasteiger charge is 2.28. The number of urea groups is 1. The van der Waals surface area contributed by atoms with Crippen LogP contribution in [0.4, 0.5) is 15.6 Å². The average Bonchev–Trinajstić information content (AvgIpc) is 3.51. The van der Waals surface area contributed by atoms with Crippen LogP contribution in [0.3, 0.4) is 0 Å². The molecule has 0 spiro atoms. The second kappa shape index (κ2) is 9.86. The SMILES string of the molecule is CN1CCc2nc(NC(=O)c3cccc(C4CCN(C(=O)Nc5cccc(C#N)c5)C4)c3)sc2C1. The van der Waals surface area contributed by atoms with E-state index >= 15 is 0 Å². The van der Waals surface area contributed by atoms with Gasteiger partial charge in [0.15, 0.2) is 5.13 Å². The Morgan fingerprint density at radius 3 is 2.86 bits per heavy atom. The van der Waals surface area contributed by atoms with Gasteiger partial charge in [0.05, 0.1) is 17.3 Å². The fourth-order valence-corrected chi connectivity index (χ4v) is 5.65. The van der Waals surface area contributed by atoms with Gasteiger partial charge in [0.2, 0.25) is 0 Å². The summed E-state index contributed by atoms with van der Waals surface area (Å²) in [5.41, 5.74) is 3.82. The zero-order chi connectivity index (χ0) is 24.4. The Balaban J connectivity index is 1.21. The van der Waals surface area contributed by atoms with Crippen LogP contribution in [-0.2, 0) is 13.0 Å². The van der Waals surface area contributed by atoms with Crippen LogP contribution < -0.4 is 10.6 Å². The molecule has 2 aliphatic heterocycles. The van der Waals surface area contributed by atoms with Crippen LogP contribution in [-0.4, -0.2) is 53.4 Å². The predicted molar refractivity (Wildman–Crippen MR) is 136 cm³/mol. The molecule has 0 bridgehead atoms. The van der Waals surface area contributed by atoms with Crippen LogP contribution in [0.1, 0.15) is 44.4 Å². The molecule has 2 aromatic carbocycles. The van der Waals surface area contributed by atoms with E-state index in [0.29, 0.717) is 35.0 Å². The quantitative estimate of drug-likeness (QED) is 0.573. The maximum Gasteiger partial charge on any atom is 0.321 e. The Morgan fingerprint density at radius 1 is 1.14 bits per heavy atom. The number of amides is 3. The van der Waals surface area contributed by atoms with Gasteiger partial charge in [-0.15, -0.1) is 11.3 Å². The van der Waals surface area contributed by atoms with Gasteiger partial charge >= 0.3 is 6.03 Å². The van der Waals surface area contributed by atoms with Crippen molar-refractivity contribution in [3.8, 4) is 6.07 Å². The van der Waals surface area contributed by atoms with Crippen LogP contribution in [0.25, 0.3) is 0 Å². The molecule has 3 aromatic rings. The summed E-state index contributed by atoms with van der Waals surface area (Å²) in [7, 11) is 2.09. The number of hydrogen-bond acceptors (Lipinski definition) is 6. The fraction of sp³-hybridized carbons (Fsp3) is 0.308. The van der Waals surface area contributed by atoms with Gasteiger partial charge in [0, 0.05) is 54.6 Å². The lowest BCUT2D eigenvalue weighted by Gasteiger charge is -2.20. The second-order valence-electron chi connectivity index (χ2n) is 9.01. The van der Waals surface area contributed by atoms with Gasteiger partial charge < -0.3 is 15.1 Å². The molecule has 3 heterocycles. The number of likely N-dealkylation sites (N-methyl/N-ethyl adjacent to an activating group) is 1. The summed E-state index contributed by atoms with van der Waals surface area (Å²) >= 11 is 1.54. The van der Waals surface area contributed by atoms with Gasteiger partial charge in [-0.25, -0.2) is 9.78 Å². The number of fused-ring (bicyclic) bond motifs is 1. The minimum absolute atomic E-state index is 0.154. The molecule has 8 nitrogen and oxygen atoms in total. The first kappa shape index (κ1) is 23.0. The maximum atomic E-state index is 12.9. The lowest BCUT2D eigenvalue weighted by molar-refractivity contribution is 0.102. The molecule has 3 amide bonds. The smallest absolute Gasteiger partial charge is 0.321 e. The third-order valence-electron chi connectivity index (χ3n) is 6.48. The second-order valence-corrected chi connectivity index (χ2v) is 10.1. The number of likely N-dealkylation sites (tertiary alicyclic amines) is 1. The van der Waals surface area contributed by atoms with Crippen molar-refractivity contribution in [2.45, 2.75) is 25.3 Å². The zero-order valence-electron chi connectivity index (χ0n) is 19.5. The molecule has 1 aromatic heterocycles. The van der Waals surface area contributed by atoms with Crippen molar-refractivity contribution in [2.24, 2.45) is 0 Å². The Bertz CT molecular complexity index is 1310. The number of nitrogens with zero attached hydrogens (tertiary/aromatic N) is 4. The molecule has 2 N–H and O–H groups in total. The number of thiazole rings is 1. The Morgan fingerprint density at radius 2 is 2.00 bits per heavy atom. The highest BCUT2D eigenvalue weighted by molar-refractivity contribution is 7.15. The van der Waals surface area contributed by atoms with Crippen LogP contribution >= 0.6 is 11.3 Å². The van der Waals surface area contributed by atoms with Crippen LogP contribution in [0, 0.1) is 11.3 Å². The highest BCUT2D eigenvalue weighted by Crippen LogP contribution is 2.30. The predicted octanol–water partition coefficient (Wildman–Crippen LogP) is 4.28. The van der Waals surface area contributed by atoms with Crippen molar-refractivity contribution in [3.63, 3.8) is 0 Å². The number of hydrogen-bond donors (Lipinski definition) is 2. The van der Waals surface area contributed by atoms with Crippen molar-refractivity contribution in [1.29, 1.82) is 5.26 Å². The molecule has 1 fully saturated rings. The minimum Gasteiger partial charge on any atom is -0.324 e. The van der Waals surface area contributed by atoms with E-state index in [-0.39, 0.29) is 17.9 Å². The van der Waals surface area contributed by atoms with E-state index < -0.39 is 0 Å². The topological polar surface area (TPSA) is 101 Å². The lowest BCUT2D eigenvalue weighted by Crippen LogP contribution is -2.32. The van der Waals surface area contributed by atoms with Crippen LogP contribution in [0.2, 0.25) is 0 Å². The summed E-state index contributed by atoms with van der Waals surface area (Å²) in [5, 5.41) is 15.5. The molecular weight excluding hydrogens is 460 g/mol. The fourth-order valence-electron chi connectivity index (χ4n) is 4.57. The molecule has 0 radical (unpaired) electrons. The van der Waals surface area contributed by atoms with Crippen LogP contribution in [0.15, 0.2) is 48.5 Å². The third-order valence-corrected chi connectivity index (χ3v) is 7.48. The van der Waals surface area contributed by atoms with Crippen molar-refractivity contribution in [2.75, 3.05) is 37.3 Å². The van der Waals surface area contributed by atoms with Crippen molar-refractivity contribution < 1.29 is 9.59 Å². The summed E-state index contributed by atoms with van der Waals surface area (Å²) in [6, 6.07) is 16.4. The van der Waals surface area contributed by atoms with E-state index in [2.05, 4.69) is 33.6 Å². The lowest BCUT2D eigenvalue weighted by atomic mass is 9.96. The normalized spacial score (nSPS) is 17.5. The van der Waals surface area contributed by atoms with E-state index in [0.717, 1.165) is 37.2 Å². The van der Waals surface area contributed by atoms with Crippen molar-refractivity contribution in [1.82, 2.24) is 14.8 Å². The first-order valence-electron chi connectivity index (χ1n) is 11.6. The van der Waals surface area contributed by atoms with Crippen LogP contribution in [0.5, 0.6) is 0 Å². The Labute approximate surface area is 208 Å². The van der Waals surface area contributed by atoms with Gasteiger partial charge in [0.1, 0.15) is 0 Å². The van der Waals surface area contributed by atoms with Gasteiger partial charge in [-0.05, 0) is 49.4 Å². The van der Waals surface area contributed by atoms with E-state index in [1.54, 1.807) is 40.5 Å². The zero-order valence-corrected chi connectivity index (χ0v) is 20.3. The van der Waals surface area contributed by atoms with Crippen molar-refractivity contribution >= 4 is 34.1 Å². The number of anilines is 2. The summed E-state index contributed by atoms with van der Waals surface area (Å²) in [5.74, 6) is -0.0158. The number of nitriles is 1. The molecule has 0 saturated carbocycles. The molecule has 1 unspecified atom stereocenters. The van der Waals surface area contributed by atoms with Gasteiger partial charge in [-0.2, -0.15) is 5.26 Å². The molecular formula is C26H26N6O2S.